The molecule has 3 aromatic heterocycles. The predicted molar refractivity (Wildman–Crippen MR) is 120 cm³/mol. The van der Waals surface area contributed by atoms with Crippen molar-refractivity contribution in [2.45, 2.75) is 26.2 Å². The van der Waals surface area contributed by atoms with E-state index in [2.05, 4.69) is 25.4 Å². The fourth-order valence-electron chi connectivity index (χ4n) is 3.86. The van der Waals surface area contributed by atoms with E-state index in [1.165, 1.54) is 0 Å². The second kappa shape index (κ2) is 9.51. The van der Waals surface area contributed by atoms with Gasteiger partial charge in [0.1, 0.15) is 18.0 Å². The van der Waals surface area contributed by atoms with Gasteiger partial charge in [-0.25, -0.2) is 15.0 Å². The quantitative estimate of drug-likeness (QED) is 0.620. The third-order valence-corrected chi connectivity index (χ3v) is 5.45. The first-order valence-electron chi connectivity index (χ1n) is 10.5. The SMILES string of the molecule is Cc1cccc(Nc2cc(C[C@H]3CCCN(C(=O)/C=C/c4ccnn4C)C3)ncn2)n1. The minimum Gasteiger partial charge on any atom is -0.339 e. The summed E-state index contributed by atoms with van der Waals surface area (Å²) < 4.78 is 1.75. The van der Waals surface area contributed by atoms with Crippen molar-refractivity contribution in [1.82, 2.24) is 29.6 Å². The maximum absolute atomic E-state index is 12.7. The van der Waals surface area contributed by atoms with E-state index < -0.39 is 0 Å². The van der Waals surface area contributed by atoms with Gasteiger partial charge in [0.15, 0.2) is 0 Å². The molecule has 160 valence electrons. The molecule has 1 aliphatic rings. The lowest BCUT2D eigenvalue weighted by molar-refractivity contribution is -0.127. The molecule has 0 saturated carbocycles. The number of carbonyl (C=O) groups is 1. The lowest BCUT2D eigenvalue weighted by Gasteiger charge is -2.32. The topological polar surface area (TPSA) is 88.8 Å². The van der Waals surface area contributed by atoms with Gasteiger partial charge in [0.05, 0.1) is 5.69 Å². The summed E-state index contributed by atoms with van der Waals surface area (Å²) in [6.45, 7) is 3.49. The van der Waals surface area contributed by atoms with Crippen LogP contribution in [0.4, 0.5) is 11.6 Å². The number of nitrogens with one attached hydrogen (secondary N) is 1. The average molecular weight is 418 g/mol. The summed E-state index contributed by atoms with van der Waals surface area (Å²) >= 11 is 0. The summed E-state index contributed by atoms with van der Waals surface area (Å²) in [4.78, 5) is 27.8. The molecule has 8 nitrogen and oxygen atoms in total. The summed E-state index contributed by atoms with van der Waals surface area (Å²) in [5.74, 6) is 1.91. The van der Waals surface area contributed by atoms with Gasteiger partial charge >= 0.3 is 0 Å². The van der Waals surface area contributed by atoms with Gasteiger partial charge in [0.25, 0.3) is 0 Å². The van der Waals surface area contributed by atoms with Gasteiger partial charge in [0, 0.05) is 49.9 Å². The lowest BCUT2D eigenvalue weighted by atomic mass is 9.93. The highest BCUT2D eigenvalue weighted by Gasteiger charge is 2.23. The zero-order chi connectivity index (χ0) is 21.6. The third kappa shape index (κ3) is 5.53. The maximum atomic E-state index is 12.7. The van der Waals surface area contributed by atoms with Crippen molar-refractivity contribution in [2.75, 3.05) is 18.4 Å². The van der Waals surface area contributed by atoms with Crippen molar-refractivity contribution in [3.05, 3.63) is 66.0 Å². The van der Waals surface area contributed by atoms with Crippen LogP contribution >= 0.6 is 0 Å². The van der Waals surface area contributed by atoms with E-state index in [0.29, 0.717) is 5.92 Å². The Morgan fingerprint density at radius 3 is 2.97 bits per heavy atom. The highest BCUT2D eigenvalue weighted by Crippen LogP contribution is 2.22. The zero-order valence-electron chi connectivity index (χ0n) is 17.9. The third-order valence-electron chi connectivity index (χ3n) is 5.45. The summed E-state index contributed by atoms with van der Waals surface area (Å²) in [7, 11) is 1.86. The lowest BCUT2D eigenvalue weighted by Crippen LogP contribution is -2.39. The van der Waals surface area contributed by atoms with Crippen LogP contribution in [0.1, 0.15) is 29.9 Å². The van der Waals surface area contributed by atoms with Crippen molar-refractivity contribution in [3.63, 3.8) is 0 Å². The van der Waals surface area contributed by atoms with Crippen LogP contribution in [0, 0.1) is 12.8 Å². The molecule has 0 aromatic carbocycles. The maximum Gasteiger partial charge on any atom is 0.246 e. The molecule has 1 atom stereocenters. The van der Waals surface area contributed by atoms with Crippen LogP contribution in [-0.2, 0) is 18.3 Å². The summed E-state index contributed by atoms with van der Waals surface area (Å²) in [6, 6.07) is 9.68. The Balaban J connectivity index is 1.36. The van der Waals surface area contributed by atoms with Crippen molar-refractivity contribution >= 4 is 23.6 Å². The zero-order valence-corrected chi connectivity index (χ0v) is 17.9. The highest BCUT2D eigenvalue weighted by molar-refractivity contribution is 5.91. The molecule has 8 heteroatoms. The molecule has 0 radical (unpaired) electrons. The molecule has 1 N–H and O–H groups in total. The number of hydrogen-bond donors (Lipinski definition) is 1. The largest absolute Gasteiger partial charge is 0.339 e. The van der Waals surface area contributed by atoms with E-state index in [0.717, 1.165) is 61.1 Å². The molecule has 0 aliphatic carbocycles. The number of nitrogens with zero attached hydrogens (tertiary/aromatic N) is 6. The van der Waals surface area contributed by atoms with Crippen molar-refractivity contribution in [1.29, 1.82) is 0 Å². The van der Waals surface area contributed by atoms with E-state index in [9.17, 15) is 4.79 Å². The van der Waals surface area contributed by atoms with Crippen molar-refractivity contribution < 1.29 is 4.79 Å². The Bertz CT molecular complexity index is 1080. The normalized spacial score (nSPS) is 16.6. The van der Waals surface area contributed by atoms with Gasteiger partial charge in [-0.1, -0.05) is 6.07 Å². The number of piperidine rings is 1. The number of aromatic nitrogens is 5. The van der Waals surface area contributed by atoms with Gasteiger partial charge in [0.2, 0.25) is 5.91 Å². The molecule has 3 aromatic rings. The van der Waals surface area contributed by atoms with Crippen LogP contribution < -0.4 is 5.32 Å². The minimum absolute atomic E-state index is 0.0430. The number of pyridine rings is 1. The van der Waals surface area contributed by atoms with E-state index in [1.54, 1.807) is 23.3 Å². The predicted octanol–water partition coefficient (Wildman–Crippen LogP) is 3.15. The monoisotopic (exact) mass is 417 g/mol. The van der Waals surface area contributed by atoms with Crippen LogP contribution in [-0.4, -0.2) is 48.6 Å². The number of aryl methyl sites for hydroxylation is 2. The van der Waals surface area contributed by atoms with Crippen molar-refractivity contribution in [2.24, 2.45) is 13.0 Å². The molecule has 0 spiro atoms. The fraction of sp³-hybridized carbons (Fsp3) is 0.348. The minimum atomic E-state index is 0.0430. The Hall–Kier alpha value is -3.55. The Morgan fingerprint density at radius 1 is 1.26 bits per heavy atom. The van der Waals surface area contributed by atoms with Gasteiger partial charge in [-0.15, -0.1) is 0 Å². The van der Waals surface area contributed by atoms with Crippen molar-refractivity contribution in [3.8, 4) is 0 Å². The standard InChI is InChI=1S/C23H27N7O/c1-17-5-3-7-21(27-17)28-22-14-19(24-16-25-22)13-18-6-4-12-30(15-18)23(31)9-8-20-10-11-26-29(20)2/h3,5,7-11,14,16,18H,4,6,12-13,15H2,1-2H3,(H,24,25,27,28)/b9-8+/t18-/m1/s1. The van der Waals surface area contributed by atoms with Crippen LogP contribution in [0.25, 0.3) is 6.08 Å². The summed E-state index contributed by atoms with van der Waals surface area (Å²) in [6.07, 6.45) is 9.66. The second-order valence-electron chi connectivity index (χ2n) is 7.89. The van der Waals surface area contributed by atoms with Gasteiger partial charge in [-0.05, 0) is 56.4 Å². The van der Waals surface area contributed by atoms with Gasteiger partial charge in [-0.3, -0.25) is 9.48 Å². The van der Waals surface area contributed by atoms with Crippen LogP contribution in [0.15, 0.2) is 48.9 Å². The smallest absolute Gasteiger partial charge is 0.246 e. The first-order chi connectivity index (χ1) is 15.1. The molecule has 31 heavy (non-hydrogen) atoms. The first kappa shape index (κ1) is 20.7. The summed E-state index contributed by atoms with van der Waals surface area (Å²) in [5, 5.41) is 7.36. The van der Waals surface area contributed by atoms with E-state index in [4.69, 9.17) is 0 Å². The van der Waals surface area contributed by atoms with E-state index >= 15 is 0 Å². The molecular weight excluding hydrogens is 390 g/mol. The number of likely N-dealkylation sites (tertiary alicyclic amines) is 1. The molecule has 4 heterocycles. The molecule has 1 saturated heterocycles. The van der Waals surface area contributed by atoms with Crippen LogP contribution in [0.5, 0.6) is 0 Å². The Morgan fingerprint density at radius 2 is 2.16 bits per heavy atom. The average Bonchev–Trinajstić information content (AvgIpc) is 3.17. The Kier molecular flexibility index (Phi) is 6.35. The first-order valence-corrected chi connectivity index (χ1v) is 10.5. The van der Waals surface area contributed by atoms with Crippen LogP contribution in [0.3, 0.4) is 0 Å². The molecule has 0 unspecified atom stereocenters. The molecular formula is C23H27N7O. The Labute approximate surface area is 182 Å². The second-order valence-corrected chi connectivity index (χ2v) is 7.89. The van der Waals surface area contributed by atoms with Crippen LogP contribution in [0.2, 0.25) is 0 Å². The van der Waals surface area contributed by atoms with E-state index in [-0.39, 0.29) is 5.91 Å². The molecule has 1 amide bonds. The fourth-order valence-corrected chi connectivity index (χ4v) is 3.86. The molecule has 4 rings (SSSR count). The number of carbonyl (C=O) groups excluding carboxylic acids is 1. The van der Waals surface area contributed by atoms with Gasteiger partial charge < -0.3 is 10.2 Å². The van der Waals surface area contributed by atoms with E-state index in [1.807, 2.05) is 55.3 Å². The van der Waals surface area contributed by atoms with Gasteiger partial charge in [-0.2, -0.15) is 5.10 Å². The molecule has 1 aliphatic heterocycles. The summed E-state index contributed by atoms with van der Waals surface area (Å²) in [5.41, 5.74) is 2.82. The molecule has 0 bridgehead atoms. The number of amides is 1. The highest BCUT2D eigenvalue weighted by atomic mass is 16.2. The number of hydrogen-bond acceptors (Lipinski definition) is 6. The number of rotatable bonds is 6. The molecule has 1 fully saturated rings. The number of anilines is 2.